The van der Waals surface area contributed by atoms with E-state index in [0.717, 1.165) is 6.20 Å². The Morgan fingerprint density at radius 1 is 1.29 bits per heavy atom. The lowest BCUT2D eigenvalue weighted by Gasteiger charge is -2.04. The summed E-state index contributed by atoms with van der Waals surface area (Å²) in [6.07, 6.45) is 2.37. The van der Waals surface area contributed by atoms with Gasteiger partial charge in [0.15, 0.2) is 16.7 Å². The summed E-state index contributed by atoms with van der Waals surface area (Å²) in [7, 11) is 0. The fourth-order valence-corrected chi connectivity index (χ4v) is 1.20. The highest BCUT2D eigenvalue weighted by Crippen LogP contribution is 2.12. The molecule has 0 unspecified atom stereocenters. The van der Waals surface area contributed by atoms with E-state index in [1.807, 2.05) is 0 Å². The number of anilines is 1. The molecular weight excluding hydrogens is 247 g/mol. The molecule has 0 aliphatic heterocycles. The van der Waals surface area contributed by atoms with Crippen LogP contribution in [0.4, 0.5) is 10.1 Å². The number of rotatable bonds is 2. The molecule has 7 heteroatoms. The van der Waals surface area contributed by atoms with Crippen molar-refractivity contribution in [1.29, 1.82) is 0 Å². The number of amides is 1. The minimum absolute atomic E-state index is 0.0294. The maximum absolute atomic E-state index is 13.2. The quantitative estimate of drug-likeness (QED) is 0.887. The number of hydrogen-bond donors (Lipinski definition) is 1. The number of halogens is 2. The van der Waals surface area contributed by atoms with Gasteiger partial charge in [-0.1, -0.05) is 11.6 Å². The zero-order valence-electron chi connectivity index (χ0n) is 8.39. The van der Waals surface area contributed by atoms with Gasteiger partial charge < -0.3 is 5.32 Å². The molecule has 0 saturated heterocycles. The van der Waals surface area contributed by atoms with E-state index >= 15 is 0 Å². The average molecular weight is 253 g/mol. The molecule has 2 aromatic heterocycles. The molecule has 0 spiro atoms. The summed E-state index contributed by atoms with van der Waals surface area (Å²) in [5.41, 5.74) is 0.0763. The number of aromatic nitrogens is 3. The van der Waals surface area contributed by atoms with Crippen LogP contribution in [-0.2, 0) is 0 Å². The maximum atomic E-state index is 13.2. The van der Waals surface area contributed by atoms with Crippen molar-refractivity contribution in [3.63, 3.8) is 0 Å². The molecule has 2 heterocycles. The van der Waals surface area contributed by atoms with Crippen LogP contribution in [0.5, 0.6) is 0 Å². The second-order valence-corrected chi connectivity index (χ2v) is 3.44. The minimum Gasteiger partial charge on any atom is -0.318 e. The van der Waals surface area contributed by atoms with Crippen molar-refractivity contribution < 1.29 is 9.18 Å². The number of carbonyl (C=O) groups excluding carboxylic acids is 1. The number of nitrogens with zero attached hydrogens (tertiary/aromatic N) is 3. The van der Waals surface area contributed by atoms with Gasteiger partial charge in [0, 0.05) is 6.20 Å². The van der Waals surface area contributed by atoms with E-state index in [0.29, 0.717) is 0 Å². The Labute approximate surface area is 101 Å². The molecule has 0 aliphatic carbocycles. The molecular formula is C10H6ClFN4O. The molecule has 86 valence electrons. The molecule has 0 saturated carbocycles. The van der Waals surface area contributed by atoms with Crippen molar-refractivity contribution in [2.24, 2.45) is 0 Å². The second-order valence-electron chi connectivity index (χ2n) is 3.05. The Kier molecular flexibility index (Phi) is 3.24. The van der Waals surface area contributed by atoms with Crippen LogP contribution in [0.3, 0.4) is 0 Å². The van der Waals surface area contributed by atoms with Crippen LogP contribution in [0.1, 0.15) is 10.5 Å². The van der Waals surface area contributed by atoms with Crippen molar-refractivity contribution in [3.8, 4) is 0 Å². The Balaban J connectivity index is 2.17. The van der Waals surface area contributed by atoms with Crippen LogP contribution in [0.2, 0.25) is 5.15 Å². The van der Waals surface area contributed by atoms with E-state index in [9.17, 15) is 9.18 Å². The lowest BCUT2D eigenvalue weighted by molar-refractivity contribution is 0.102. The van der Waals surface area contributed by atoms with Crippen LogP contribution in [0, 0.1) is 5.82 Å². The highest BCUT2D eigenvalue weighted by molar-refractivity contribution is 6.29. The van der Waals surface area contributed by atoms with Gasteiger partial charge in [0.25, 0.3) is 5.91 Å². The van der Waals surface area contributed by atoms with E-state index < -0.39 is 11.7 Å². The van der Waals surface area contributed by atoms with Crippen LogP contribution < -0.4 is 5.32 Å². The predicted octanol–water partition coefficient (Wildman–Crippen LogP) is 1.92. The Morgan fingerprint density at radius 2 is 2.12 bits per heavy atom. The topological polar surface area (TPSA) is 67.8 Å². The van der Waals surface area contributed by atoms with Crippen LogP contribution >= 0.6 is 11.6 Å². The highest BCUT2D eigenvalue weighted by Gasteiger charge is 2.10. The fraction of sp³-hybridized carbons (Fsp3) is 0. The smallest absolute Gasteiger partial charge is 0.276 e. The summed E-state index contributed by atoms with van der Waals surface area (Å²) >= 11 is 5.53. The number of carbonyl (C=O) groups is 1. The Morgan fingerprint density at radius 3 is 2.76 bits per heavy atom. The molecule has 0 radical (unpaired) electrons. The predicted molar refractivity (Wildman–Crippen MR) is 59.2 cm³/mol. The lowest BCUT2D eigenvalue weighted by atomic mass is 10.3. The largest absolute Gasteiger partial charge is 0.318 e. The van der Waals surface area contributed by atoms with Crippen molar-refractivity contribution in [1.82, 2.24) is 15.2 Å². The normalized spacial score (nSPS) is 10.0. The molecule has 1 N–H and O–H groups in total. The summed E-state index contributed by atoms with van der Waals surface area (Å²) in [4.78, 5) is 15.2. The second kappa shape index (κ2) is 4.84. The SMILES string of the molecule is O=C(Nc1ccncc1F)c1ccc(Cl)nn1. The molecule has 0 bridgehead atoms. The summed E-state index contributed by atoms with van der Waals surface area (Å²) < 4.78 is 13.2. The summed E-state index contributed by atoms with van der Waals surface area (Å²) in [6, 6.07) is 4.16. The van der Waals surface area contributed by atoms with Crippen molar-refractivity contribution in [3.05, 3.63) is 47.3 Å². The monoisotopic (exact) mass is 252 g/mol. The zero-order chi connectivity index (χ0) is 12.3. The van der Waals surface area contributed by atoms with Gasteiger partial charge in [-0.05, 0) is 18.2 Å². The Hall–Kier alpha value is -2.08. The van der Waals surface area contributed by atoms with Crippen molar-refractivity contribution >= 4 is 23.2 Å². The minimum atomic E-state index is -0.622. The van der Waals surface area contributed by atoms with Gasteiger partial charge in [0.1, 0.15) is 0 Å². The third kappa shape index (κ3) is 2.73. The van der Waals surface area contributed by atoms with Gasteiger partial charge in [-0.25, -0.2) is 4.39 Å². The number of hydrogen-bond acceptors (Lipinski definition) is 4. The molecule has 2 aromatic rings. The van der Waals surface area contributed by atoms with Crippen molar-refractivity contribution in [2.45, 2.75) is 0 Å². The molecule has 2 rings (SSSR count). The van der Waals surface area contributed by atoms with Crippen LogP contribution in [0.15, 0.2) is 30.6 Å². The molecule has 1 amide bonds. The standard InChI is InChI=1S/C10H6ClFN4O/c11-9-2-1-8(15-16-9)10(17)14-7-3-4-13-5-6(7)12/h1-5H,(H,13,14,17). The van der Waals surface area contributed by atoms with Gasteiger partial charge in [-0.2, -0.15) is 0 Å². The highest BCUT2D eigenvalue weighted by atomic mass is 35.5. The van der Waals surface area contributed by atoms with Crippen LogP contribution in [0.25, 0.3) is 0 Å². The number of pyridine rings is 1. The van der Waals surface area contributed by atoms with E-state index in [4.69, 9.17) is 11.6 Å². The molecule has 17 heavy (non-hydrogen) atoms. The first kappa shape index (κ1) is 11.4. The van der Waals surface area contributed by atoms with E-state index in [-0.39, 0.29) is 16.5 Å². The third-order valence-electron chi connectivity index (χ3n) is 1.89. The average Bonchev–Trinajstić information content (AvgIpc) is 2.33. The van der Waals surface area contributed by atoms with Crippen LogP contribution in [-0.4, -0.2) is 21.1 Å². The Bertz CT molecular complexity index is 546. The molecule has 5 nitrogen and oxygen atoms in total. The summed E-state index contributed by atoms with van der Waals surface area (Å²) in [6.45, 7) is 0. The number of nitrogens with one attached hydrogen (secondary N) is 1. The molecule has 0 atom stereocenters. The first-order chi connectivity index (χ1) is 8.16. The summed E-state index contributed by atoms with van der Waals surface area (Å²) in [5.74, 6) is -1.19. The molecule has 0 aliphatic rings. The zero-order valence-corrected chi connectivity index (χ0v) is 9.15. The first-order valence-corrected chi connectivity index (χ1v) is 4.95. The third-order valence-corrected chi connectivity index (χ3v) is 2.09. The van der Waals surface area contributed by atoms with Gasteiger partial charge in [0.05, 0.1) is 11.9 Å². The van der Waals surface area contributed by atoms with Gasteiger partial charge in [-0.3, -0.25) is 9.78 Å². The van der Waals surface area contributed by atoms with Gasteiger partial charge in [-0.15, -0.1) is 10.2 Å². The summed E-state index contributed by atoms with van der Waals surface area (Å²) in [5, 5.41) is 9.61. The van der Waals surface area contributed by atoms with Gasteiger partial charge >= 0.3 is 0 Å². The van der Waals surface area contributed by atoms with Crippen molar-refractivity contribution in [2.75, 3.05) is 5.32 Å². The van der Waals surface area contributed by atoms with E-state index in [1.54, 1.807) is 0 Å². The first-order valence-electron chi connectivity index (χ1n) is 4.57. The lowest BCUT2D eigenvalue weighted by Crippen LogP contribution is -2.15. The molecule has 0 aromatic carbocycles. The van der Waals surface area contributed by atoms with E-state index in [2.05, 4.69) is 20.5 Å². The maximum Gasteiger partial charge on any atom is 0.276 e. The van der Waals surface area contributed by atoms with Gasteiger partial charge in [0.2, 0.25) is 0 Å². The fourth-order valence-electron chi connectivity index (χ4n) is 1.10. The van der Waals surface area contributed by atoms with E-state index in [1.165, 1.54) is 24.4 Å². The molecule has 0 fully saturated rings.